The Hall–Kier alpha value is -3.39. The van der Waals surface area contributed by atoms with Gasteiger partial charge in [-0.3, -0.25) is 0 Å². The Labute approximate surface area is 207 Å². The zero-order valence-electron chi connectivity index (χ0n) is 19.3. The van der Waals surface area contributed by atoms with Gasteiger partial charge in [0.1, 0.15) is 23.2 Å². The minimum atomic E-state index is -2.27. The summed E-state index contributed by atoms with van der Waals surface area (Å²) in [6.45, 7) is 0. The maximum Gasteiger partial charge on any atom is 0.176 e. The summed E-state index contributed by atoms with van der Waals surface area (Å²) in [7, 11) is 1.89. The number of nitrogens with zero attached hydrogens (tertiary/aromatic N) is 2. The van der Waals surface area contributed by atoms with Crippen molar-refractivity contribution in [2.24, 2.45) is 0 Å². The van der Waals surface area contributed by atoms with Gasteiger partial charge in [-0.05, 0) is 48.5 Å². The van der Waals surface area contributed by atoms with E-state index in [9.17, 15) is 0 Å². The molecule has 4 aromatic carbocycles. The molecular formula is C29H27ClN3P. The van der Waals surface area contributed by atoms with Crippen molar-refractivity contribution in [2.75, 3.05) is 14.1 Å². The third-order valence-electron chi connectivity index (χ3n) is 5.80. The summed E-state index contributed by atoms with van der Waals surface area (Å²) in [6.07, 6.45) is 2.25. The van der Waals surface area contributed by atoms with Gasteiger partial charge in [-0.15, -0.1) is 0 Å². The van der Waals surface area contributed by atoms with Crippen LogP contribution in [0.2, 0.25) is 0 Å². The minimum Gasteiger partial charge on any atom is -1.00 e. The van der Waals surface area contributed by atoms with Crippen LogP contribution in [0.25, 0.3) is 16.3 Å². The lowest BCUT2D eigenvalue weighted by atomic mass is 10.3. The van der Waals surface area contributed by atoms with Crippen LogP contribution >= 0.6 is 7.26 Å². The van der Waals surface area contributed by atoms with Crippen LogP contribution in [0.3, 0.4) is 0 Å². The first-order valence-corrected chi connectivity index (χ1v) is 12.9. The zero-order chi connectivity index (χ0) is 22.7. The quantitative estimate of drug-likeness (QED) is 0.376. The number of halogens is 1. The van der Waals surface area contributed by atoms with E-state index in [1.807, 2.05) is 12.1 Å². The van der Waals surface area contributed by atoms with Crippen LogP contribution in [0.1, 0.15) is 5.82 Å². The third-order valence-corrected chi connectivity index (χ3v) is 10.1. The molecular weight excluding hydrogens is 457 g/mol. The molecule has 0 spiro atoms. The molecule has 3 nitrogen and oxygen atoms in total. The highest BCUT2D eigenvalue weighted by Gasteiger charge is 2.51. The van der Waals surface area contributed by atoms with E-state index < -0.39 is 7.26 Å². The van der Waals surface area contributed by atoms with Gasteiger partial charge in [-0.25, -0.2) is 4.98 Å². The lowest BCUT2D eigenvalue weighted by Crippen LogP contribution is -3.00. The molecule has 0 unspecified atom stereocenters. The Bertz CT molecular complexity index is 1250. The smallest absolute Gasteiger partial charge is 0.176 e. The summed E-state index contributed by atoms with van der Waals surface area (Å²) >= 11 is 0. The van der Waals surface area contributed by atoms with Gasteiger partial charge in [0.25, 0.3) is 0 Å². The molecule has 0 amide bonds. The number of aromatic amines is 1. The van der Waals surface area contributed by atoms with E-state index in [0.717, 1.165) is 16.9 Å². The summed E-state index contributed by atoms with van der Waals surface area (Å²) < 4.78 is 0. The number of fused-ring (bicyclic) bond motifs is 1. The van der Waals surface area contributed by atoms with Crippen molar-refractivity contribution >= 4 is 39.5 Å². The highest BCUT2D eigenvalue weighted by atomic mass is 35.5. The lowest BCUT2D eigenvalue weighted by molar-refractivity contribution is -0.00000657. The van der Waals surface area contributed by atoms with Gasteiger partial charge < -0.3 is 22.3 Å². The Morgan fingerprint density at radius 2 is 1.12 bits per heavy atom. The molecule has 34 heavy (non-hydrogen) atoms. The summed E-state index contributed by atoms with van der Waals surface area (Å²) in [5, 5.41) is 5.11. The summed E-state index contributed by atoms with van der Waals surface area (Å²) in [4.78, 5) is 10.9. The van der Waals surface area contributed by atoms with Gasteiger partial charge in [0, 0.05) is 20.3 Å². The van der Waals surface area contributed by atoms with Gasteiger partial charge in [-0.1, -0.05) is 66.7 Å². The maximum absolute atomic E-state index is 5.09. The number of nitrogens with one attached hydrogen (secondary N) is 1. The van der Waals surface area contributed by atoms with Crippen LogP contribution in [0.5, 0.6) is 0 Å². The monoisotopic (exact) mass is 483 g/mol. The molecule has 5 heteroatoms. The van der Waals surface area contributed by atoms with Crippen molar-refractivity contribution in [3.8, 4) is 0 Å². The first-order valence-electron chi connectivity index (χ1n) is 11.1. The predicted molar refractivity (Wildman–Crippen MR) is 143 cm³/mol. The molecule has 0 bridgehead atoms. The molecule has 0 radical (unpaired) electrons. The van der Waals surface area contributed by atoms with E-state index in [0.29, 0.717) is 0 Å². The zero-order valence-corrected chi connectivity index (χ0v) is 20.9. The summed E-state index contributed by atoms with van der Waals surface area (Å²) in [6, 6.07) is 40.9. The molecule has 0 saturated heterocycles. The summed E-state index contributed by atoms with van der Waals surface area (Å²) in [5.41, 5.74) is 2.02. The third kappa shape index (κ3) is 4.25. The molecule has 1 N–H and O–H groups in total. The Morgan fingerprint density at radius 3 is 1.56 bits per heavy atom. The Morgan fingerprint density at radius 1 is 0.676 bits per heavy atom. The molecule has 0 saturated carbocycles. The highest BCUT2D eigenvalue weighted by Crippen LogP contribution is 2.65. The number of H-pyrrole nitrogens is 1. The van der Waals surface area contributed by atoms with Crippen LogP contribution in [0, 0.1) is 0 Å². The largest absolute Gasteiger partial charge is 1.00 e. The number of aromatic nitrogens is 2. The van der Waals surface area contributed by atoms with Crippen molar-refractivity contribution in [1.29, 1.82) is 0 Å². The van der Waals surface area contributed by atoms with Gasteiger partial charge in [0.05, 0.1) is 11.0 Å². The standard InChI is InChI=1S/C29H27N3P.ClH/c1-32(2)22-28(29-30-26-20-12-13-21-27(26)31-29)33(23-14-6-3-7-15-23,24-16-8-4-9-17-24)25-18-10-5-11-19-25;/h3-22H,1-2H3,(H,30,31);1H/q+1;/p-1/b28-22+;. The van der Waals surface area contributed by atoms with Crippen LogP contribution < -0.4 is 28.3 Å². The van der Waals surface area contributed by atoms with Crippen molar-refractivity contribution < 1.29 is 12.4 Å². The number of imidazole rings is 1. The topological polar surface area (TPSA) is 31.9 Å². The molecule has 5 rings (SSSR count). The lowest BCUT2D eigenvalue weighted by Gasteiger charge is -2.29. The van der Waals surface area contributed by atoms with Crippen molar-refractivity contribution in [3.05, 3.63) is 127 Å². The van der Waals surface area contributed by atoms with Crippen LogP contribution in [0.4, 0.5) is 0 Å². The molecule has 0 aliphatic heterocycles. The van der Waals surface area contributed by atoms with Gasteiger partial charge >= 0.3 is 0 Å². The van der Waals surface area contributed by atoms with Crippen LogP contribution in [-0.4, -0.2) is 29.0 Å². The van der Waals surface area contributed by atoms with E-state index in [4.69, 9.17) is 4.98 Å². The fraction of sp³-hybridized carbons (Fsp3) is 0.0690. The predicted octanol–water partition coefficient (Wildman–Crippen LogP) is 2.42. The molecule has 0 aliphatic carbocycles. The highest BCUT2D eigenvalue weighted by molar-refractivity contribution is 8.03. The van der Waals surface area contributed by atoms with E-state index in [-0.39, 0.29) is 12.4 Å². The van der Waals surface area contributed by atoms with Gasteiger partial charge in [-0.2, -0.15) is 0 Å². The molecule has 0 aliphatic rings. The van der Waals surface area contributed by atoms with Gasteiger partial charge in [0.15, 0.2) is 11.1 Å². The molecule has 0 fully saturated rings. The normalized spacial score (nSPS) is 11.8. The van der Waals surface area contributed by atoms with Crippen molar-refractivity contribution in [3.63, 3.8) is 0 Å². The number of para-hydroxylation sites is 2. The second kappa shape index (κ2) is 10.3. The first-order chi connectivity index (χ1) is 16.2. The summed E-state index contributed by atoms with van der Waals surface area (Å²) in [5.74, 6) is 0.912. The Balaban J connectivity index is 0.00000274. The van der Waals surface area contributed by atoms with Crippen molar-refractivity contribution in [1.82, 2.24) is 14.9 Å². The molecule has 1 aromatic heterocycles. The number of benzene rings is 4. The number of rotatable bonds is 6. The fourth-order valence-corrected chi connectivity index (χ4v) is 8.86. The average molecular weight is 484 g/mol. The van der Waals surface area contributed by atoms with E-state index in [1.165, 1.54) is 21.2 Å². The Kier molecular flexibility index (Phi) is 7.17. The SMILES string of the molecule is CN(C)/C=C(\c1nc2ccccc2[nH]1)[P+](c1ccccc1)(c1ccccc1)c1ccccc1.[Cl-]. The van der Waals surface area contributed by atoms with E-state index in [2.05, 4.69) is 133 Å². The molecule has 170 valence electrons. The first kappa shape index (κ1) is 23.8. The number of hydrogen-bond donors (Lipinski definition) is 1. The van der Waals surface area contributed by atoms with Crippen LogP contribution in [-0.2, 0) is 0 Å². The molecule has 5 aromatic rings. The average Bonchev–Trinajstić information content (AvgIpc) is 3.30. The molecule has 1 heterocycles. The fourth-order valence-electron chi connectivity index (χ4n) is 4.44. The van der Waals surface area contributed by atoms with E-state index in [1.54, 1.807) is 0 Å². The van der Waals surface area contributed by atoms with Gasteiger partial charge in [0.2, 0.25) is 0 Å². The van der Waals surface area contributed by atoms with E-state index >= 15 is 0 Å². The second-order valence-corrected chi connectivity index (χ2v) is 11.6. The maximum atomic E-state index is 5.09. The van der Waals surface area contributed by atoms with Crippen LogP contribution in [0.15, 0.2) is 121 Å². The minimum absolute atomic E-state index is 0. The second-order valence-electron chi connectivity index (χ2n) is 8.26. The van der Waals surface area contributed by atoms with Crippen molar-refractivity contribution in [2.45, 2.75) is 0 Å². The number of hydrogen-bond acceptors (Lipinski definition) is 2. The molecule has 0 atom stereocenters.